The van der Waals surface area contributed by atoms with E-state index in [2.05, 4.69) is 23.6 Å². The average molecular weight is 498 g/mol. The summed E-state index contributed by atoms with van der Waals surface area (Å²) in [5.74, 6) is -1.31. The maximum absolute atomic E-state index is 13.2. The standard InChI is InChI=1S/C27H35N3O6/c1-27(10-3-11-27)15-29-24(31)19-8-9-21(19)30-25(32)20-13-22(17(14-28)12-23(20)35-2)36-18-6-4-16(5-7-18)26(33)34/h12-13,16,18-19,21H,3-11,15H2,1-2H3,(H,29,31)(H,30,32)(H,33,34). The van der Waals surface area contributed by atoms with Gasteiger partial charge in [-0.05, 0) is 62.8 Å². The van der Waals surface area contributed by atoms with Crippen LogP contribution in [-0.2, 0) is 9.59 Å². The summed E-state index contributed by atoms with van der Waals surface area (Å²) in [7, 11) is 1.43. The minimum Gasteiger partial charge on any atom is -0.496 e. The Hall–Kier alpha value is -3.28. The lowest BCUT2D eigenvalue weighted by Crippen LogP contribution is -2.54. The SMILES string of the molecule is COc1cc(C#N)c(OC2CCC(C(=O)O)CC2)cc1C(=O)NC1CCC1C(=O)NCC1(C)CCC1. The number of hydrogen-bond donors (Lipinski definition) is 3. The Morgan fingerprint density at radius 3 is 2.36 bits per heavy atom. The predicted molar refractivity (Wildman–Crippen MR) is 131 cm³/mol. The Morgan fingerprint density at radius 2 is 1.83 bits per heavy atom. The van der Waals surface area contributed by atoms with Gasteiger partial charge in [-0.25, -0.2) is 0 Å². The van der Waals surface area contributed by atoms with E-state index in [0.717, 1.165) is 25.7 Å². The molecule has 9 heteroatoms. The van der Waals surface area contributed by atoms with Crippen molar-refractivity contribution < 1.29 is 29.0 Å². The largest absolute Gasteiger partial charge is 0.496 e. The fraction of sp³-hybridized carbons (Fsp3) is 0.630. The summed E-state index contributed by atoms with van der Waals surface area (Å²) in [6.45, 7) is 2.85. The van der Waals surface area contributed by atoms with E-state index in [4.69, 9.17) is 9.47 Å². The van der Waals surface area contributed by atoms with Crippen molar-refractivity contribution >= 4 is 17.8 Å². The number of rotatable bonds is 9. The molecular weight excluding hydrogens is 462 g/mol. The van der Waals surface area contributed by atoms with Crippen LogP contribution in [0.25, 0.3) is 0 Å². The molecule has 0 radical (unpaired) electrons. The van der Waals surface area contributed by atoms with Gasteiger partial charge in [0.05, 0.1) is 36.2 Å². The number of carbonyl (C=O) groups is 3. The molecule has 3 aliphatic rings. The Labute approximate surface area is 211 Å². The molecule has 2 atom stereocenters. The lowest BCUT2D eigenvalue weighted by molar-refractivity contribution is -0.143. The summed E-state index contributed by atoms with van der Waals surface area (Å²) in [6, 6.07) is 4.83. The molecule has 1 aromatic rings. The van der Waals surface area contributed by atoms with Crippen molar-refractivity contribution in [1.82, 2.24) is 10.6 Å². The fourth-order valence-corrected chi connectivity index (χ4v) is 5.32. The summed E-state index contributed by atoms with van der Waals surface area (Å²) < 4.78 is 11.4. The van der Waals surface area contributed by atoms with Crippen molar-refractivity contribution in [3.8, 4) is 17.6 Å². The number of amides is 2. The summed E-state index contributed by atoms with van der Waals surface area (Å²) in [5, 5.41) is 24.9. The van der Waals surface area contributed by atoms with Crippen molar-refractivity contribution in [3.63, 3.8) is 0 Å². The fourth-order valence-electron chi connectivity index (χ4n) is 5.32. The third-order valence-corrected chi connectivity index (χ3v) is 8.16. The highest BCUT2D eigenvalue weighted by Crippen LogP contribution is 2.40. The molecule has 1 aromatic carbocycles. The number of hydrogen-bond acceptors (Lipinski definition) is 6. The summed E-state index contributed by atoms with van der Waals surface area (Å²) in [5.41, 5.74) is 0.671. The number of nitrogens with one attached hydrogen (secondary N) is 2. The molecule has 0 aromatic heterocycles. The van der Waals surface area contributed by atoms with Crippen LogP contribution in [0.3, 0.4) is 0 Å². The normalized spacial score (nSPS) is 26.4. The summed E-state index contributed by atoms with van der Waals surface area (Å²) in [6.07, 6.45) is 6.82. The van der Waals surface area contributed by atoms with Gasteiger partial charge in [-0.2, -0.15) is 5.26 Å². The maximum Gasteiger partial charge on any atom is 0.306 e. The van der Waals surface area contributed by atoms with E-state index in [-0.39, 0.29) is 63.8 Å². The van der Waals surface area contributed by atoms with Crippen molar-refractivity contribution in [1.29, 1.82) is 5.26 Å². The molecular formula is C27H35N3O6. The first kappa shape index (κ1) is 25.8. The van der Waals surface area contributed by atoms with Crippen LogP contribution in [0, 0.1) is 28.6 Å². The van der Waals surface area contributed by atoms with Crippen LogP contribution in [-0.4, -0.2) is 48.7 Å². The van der Waals surface area contributed by atoms with Gasteiger partial charge >= 0.3 is 5.97 Å². The van der Waals surface area contributed by atoms with Crippen LogP contribution in [0.1, 0.15) is 80.6 Å². The second-order valence-electron chi connectivity index (χ2n) is 10.7. The first-order valence-electron chi connectivity index (χ1n) is 12.8. The van der Waals surface area contributed by atoms with Crippen molar-refractivity contribution in [2.45, 2.75) is 76.9 Å². The number of nitriles is 1. The number of nitrogens with zero attached hydrogens (tertiary/aromatic N) is 1. The zero-order valence-electron chi connectivity index (χ0n) is 21.0. The lowest BCUT2D eigenvalue weighted by Gasteiger charge is -2.40. The molecule has 2 unspecified atom stereocenters. The summed E-state index contributed by atoms with van der Waals surface area (Å²) >= 11 is 0. The lowest BCUT2D eigenvalue weighted by atomic mass is 9.70. The van der Waals surface area contributed by atoms with E-state index >= 15 is 0 Å². The van der Waals surface area contributed by atoms with E-state index in [0.29, 0.717) is 32.2 Å². The van der Waals surface area contributed by atoms with Crippen LogP contribution in [0.15, 0.2) is 12.1 Å². The van der Waals surface area contributed by atoms with Crippen LogP contribution in [0.5, 0.6) is 11.5 Å². The molecule has 0 saturated heterocycles. The van der Waals surface area contributed by atoms with Gasteiger partial charge in [-0.3, -0.25) is 14.4 Å². The van der Waals surface area contributed by atoms with Gasteiger partial charge in [-0.15, -0.1) is 0 Å². The molecule has 9 nitrogen and oxygen atoms in total. The number of ether oxygens (including phenoxy) is 2. The topological polar surface area (TPSA) is 138 Å². The van der Waals surface area contributed by atoms with E-state index in [1.807, 2.05) is 0 Å². The second kappa shape index (κ2) is 10.8. The molecule has 36 heavy (non-hydrogen) atoms. The smallest absolute Gasteiger partial charge is 0.306 e. The Bertz CT molecular complexity index is 1050. The molecule has 194 valence electrons. The van der Waals surface area contributed by atoms with E-state index < -0.39 is 5.97 Å². The van der Waals surface area contributed by atoms with Gasteiger partial charge in [0, 0.05) is 18.7 Å². The highest BCUT2D eigenvalue weighted by atomic mass is 16.5. The van der Waals surface area contributed by atoms with Crippen molar-refractivity contribution in [2.24, 2.45) is 17.3 Å². The van der Waals surface area contributed by atoms with Crippen LogP contribution in [0.4, 0.5) is 0 Å². The van der Waals surface area contributed by atoms with Gasteiger partial charge in [0.2, 0.25) is 5.91 Å². The Balaban J connectivity index is 1.41. The molecule has 2 amide bonds. The Kier molecular flexibility index (Phi) is 7.72. The first-order chi connectivity index (χ1) is 17.2. The predicted octanol–water partition coefficient (Wildman–Crippen LogP) is 3.40. The maximum atomic E-state index is 13.2. The van der Waals surface area contributed by atoms with Crippen LogP contribution >= 0.6 is 0 Å². The monoisotopic (exact) mass is 497 g/mol. The number of carbonyl (C=O) groups excluding carboxylic acids is 2. The van der Waals surface area contributed by atoms with Gasteiger partial charge < -0.3 is 25.2 Å². The zero-order chi connectivity index (χ0) is 25.9. The molecule has 0 heterocycles. The number of methoxy groups -OCH3 is 1. The Morgan fingerprint density at radius 1 is 1.11 bits per heavy atom. The van der Waals surface area contributed by atoms with Gasteiger partial charge in [-0.1, -0.05) is 13.3 Å². The summed E-state index contributed by atoms with van der Waals surface area (Å²) in [4.78, 5) is 37.1. The highest BCUT2D eigenvalue weighted by molar-refractivity contribution is 5.98. The van der Waals surface area contributed by atoms with Gasteiger partial charge in [0.25, 0.3) is 5.91 Å². The van der Waals surface area contributed by atoms with E-state index in [1.165, 1.54) is 25.7 Å². The van der Waals surface area contributed by atoms with Gasteiger partial charge in [0.1, 0.15) is 17.6 Å². The highest BCUT2D eigenvalue weighted by Gasteiger charge is 2.40. The third-order valence-electron chi connectivity index (χ3n) is 8.16. The van der Waals surface area contributed by atoms with E-state index in [1.54, 1.807) is 0 Å². The van der Waals surface area contributed by atoms with Crippen molar-refractivity contribution in [3.05, 3.63) is 23.3 Å². The molecule has 0 bridgehead atoms. The number of carboxylic acids is 1. The third kappa shape index (κ3) is 5.58. The minimum absolute atomic E-state index is 0.0209. The minimum atomic E-state index is -0.796. The molecule has 0 aliphatic heterocycles. The molecule has 3 fully saturated rings. The number of carboxylic acid groups (broad SMARTS) is 1. The van der Waals surface area contributed by atoms with Gasteiger partial charge in [0.15, 0.2) is 0 Å². The zero-order valence-corrected chi connectivity index (χ0v) is 21.0. The number of benzene rings is 1. The van der Waals surface area contributed by atoms with E-state index in [9.17, 15) is 24.8 Å². The quantitative estimate of drug-likeness (QED) is 0.475. The second-order valence-corrected chi connectivity index (χ2v) is 10.7. The molecule has 3 saturated carbocycles. The molecule has 3 aliphatic carbocycles. The molecule has 0 spiro atoms. The van der Waals surface area contributed by atoms with Crippen LogP contribution < -0.4 is 20.1 Å². The molecule has 4 rings (SSSR count). The van der Waals surface area contributed by atoms with Crippen molar-refractivity contribution in [2.75, 3.05) is 13.7 Å². The number of aliphatic carboxylic acids is 1. The van der Waals surface area contributed by atoms with Crippen LogP contribution in [0.2, 0.25) is 0 Å². The first-order valence-corrected chi connectivity index (χ1v) is 12.8. The average Bonchev–Trinajstić information content (AvgIpc) is 2.84. The molecule has 3 N–H and O–H groups in total.